The number of aromatic nitrogens is 1. The van der Waals surface area contributed by atoms with E-state index in [-0.39, 0.29) is 41.4 Å². The molecule has 0 unspecified atom stereocenters. The lowest BCUT2D eigenvalue weighted by Crippen LogP contribution is -2.40. The fourth-order valence-corrected chi connectivity index (χ4v) is 6.12. The van der Waals surface area contributed by atoms with Crippen molar-refractivity contribution < 1.29 is 42.6 Å². The minimum atomic E-state index is -0.947. The van der Waals surface area contributed by atoms with Gasteiger partial charge >= 0.3 is 11.9 Å². The van der Waals surface area contributed by atoms with Gasteiger partial charge in [0.1, 0.15) is 17.3 Å². The number of allylic oxidation sites excluding steroid dienone is 1. The molecule has 1 aliphatic rings. The summed E-state index contributed by atoms with van der Waals surface area (Å²) in [6.45, 7) is 5.16. The normalized spacial score (nSPS) is 14.2. The predicted molar refractivity (Wildman–Crippen MR) is 173 cm³/mol. The average Bonchev–Trinajstić information content (AvgIpc) is 3.66. The van der Waals surface area contributed by atoms with Crippen LogP contribution in [0.3, 0.4) is 0 Å². The van der Waals surface area contributed by atoms with E-state index < -0.39 is 28.5 Å². The van der Waals surface area contributed by atoms with Crippen molar-refractivity contribution >= 4 is 35.0 Å². The molecule has 1 aliphatic heterocycles. The number of fused-ring (bicyclic) bond motifs is 1. The van der Waals surface area contributed by atoms with Gasteiger partial charge in [-0.1, -0.05) is 17.4 Å². The third-order valence-electron chi connectivity index (χ3n) is 7.23. The number of rotatable bonds is 12. The van der Waals surface area contributed by atoms with Gasteiger partial charge in [-0.2, -0.15) is 0 Å². The second-order valence-corrected chi connectivity index (χ2v) is 11.2. The quantitative estimate of drug-likeness (QED) is 0.121. The second kappa shape index (κ2) is 14.4. The molecule has 14 nitrogen and oxygen atoms in total. The van der Waals surface area contributed by atoms with Crippen molar-refractivity contribution in [1.29, 1.82) is 0 Å². The maximum Gasteiger partial charge on any atom is 0.343 e. The lowest BCUT2D eigenvalue weighted by Gasteiger charge is -2.25. The van der Waals surface area contributed by atoms with Crippen molar-refractivity contribution in [3.05, 3.63) is 101 Å². The van der Waals surface area contributed by atoms with Gasteiger partial charge in [0.15, 0.2) is 22.9 Å². The highest BCUT2D eigenvalue weighted by Gasteiger charge is 2.34. The largest absolute Gasteiger partial charge is 0.496 e. The summed E-state index contributed by atoms with van der Waals surface area (Å²) >= 11 is 1.10. The van der Waals surface area contributed by atoms with Crippen LogP contribution in [0.5, 0.6) is 17.2 Å². The summed E-state index contributed by atoms with van der Waals surface area (Å²) in [5.74, 6) is 0.312. The standard InChI is InChI=1S/C33H31N3O11S/c1-6-44-26-14-19(8-11-25(26)46-17-28(37)43-5)30-29(32(39)45-7-2)18(3)34-33-35(30)31(38)27(48-33)16-21-10-13-24(47-21)22-15-20(36(40)41)9-12-23(22)42-4/h8-16,30H,6-7,17H2,1-5H3/b27-16+/t30-/m1/s1. The Morgan fingerprint density at radius 1 is 1.04 bits per heavy atom. The first-order chi connectivity index (χ1) is 23.1. The first-order valence-electron chi connectivity index (χ1n) is 14.7. The molecule has 15 heteroatoms. The van der Waals surface area contributed by atoms with Gasteiger partial charge in [0.25, 0.3) is 11.2 Å². The van der Waals surface area contributed by atoms with Gasteiger partial charge in [-0.3, -0.25) is 19.5 Å². The summed E-state index contributed by atoms with van der Waals surface area (Å²) in [5.41, 5.74) is 0.819. The van der Waals surface area contributed by atoms with E-state index in [0.29, 0.717) is 44.6 Å². The zero-order valence-electron chi connectivity index (χ0n) is 26.6. The van der Waals surface area contributed by atoms with Gasteiger partial charge in [-0.25, -0.2) is 14.6 Å². The molecule has 0 radical (unpaired) electrons. The molecule has 0 spiro atoms. The third-order valence-corrected chi connectivity index (χ3v) is 8.22. The molecule has 2 aromatic carbocycles. The molecule has 2 aromatic heterocycles. The number of hydrogen-bond donors (Lipinski definition) is 0. The van der Waals surface area contributed by atoms with E-state index in [2.05, 4.69) is 9.73 Å². The number of methoxy groups -OCH3 is 2. The Balaban J connectivity index is 1.62. The van der Waals surface area contributed by atoms with Crippen molar-refractivity contribution in [2.75, 3.05) is 34.0 Å². The van der Waals surface area contributed by atoms with Crippen LogP contribution in [0.25, 0.3) is 17.4 Å². The van der Waals surface area contributed by atoms with Crippen LogP contribution in [0.15, 0.2) is 74.0 Å². The van der Waals surface area contributed by atoms with Crippen LogP contribution < -0.4 is 29.1 Å². The maximum atomic E-state index is 14.1. The first kappa shape index (κ1) is 33.7. The van der Waals surface area contributed by atoms with Gasteiger partial charge < -0.3 is 28.1 Å². The van der Waals surface area contributed by atoms with Crippen LogP contribution in [0.4, 0.5) is 5.69 Å². The molecule has 0 fully saturated rings. The Hall–Kier alpha value is -5.70. The maximum absolute atomic E-state index is 14.1. The van der Waals surface area contributed by atoms with Gasteiger partial charge in [0.05, 0.1) is 59.8 Å². The molecule has 0 saturated heterocycles. The number of thiazole rings is 1. The van der Waals surface area contributed by atoms with Crippen LogP contribution in [0.1, 0.15) is 38.1 Å². The summed E-state index contributed by atoms with van der Waals surface area (Å²) in [6.07, 6.45) is 1.53. The molecule has 0 saturated carbocycles. The molecular formula is C33H31N3O11S. The molecule has 3 heterocycles. The number of ether oxygens (including phenoxy) is 5. The summed E-state index contributed by atoms with van der Waals surface area (Å²) in [7, 11) is 2.69. The molecule has 0 aliphatic carbocycles. The highest BCUT2D eigenvalue weighted by atomic mass is 32.1. The number of non-ortho nitro benzene ring substituents is 1. The Morgan fingerprint density at radius 3 is 2.50 bits per heavy atom. The number of carbonyl (C=O) groups excluding carboxylic acids is 2. The SMILES string of the molecule is CCOC(=O)C1=C(C)N=c2s/c(=C/c3ccc(-c4cc([N+](=O)[O-])ccc4OC)o3)c(=O)n2[C@@H]1c1ccc(OCC(=O)OC)c(OCC)c1. The van der Waals surface area contributed by atoms with Crippen molar-refractivity contribution in [3.8, 4) is 28.6 Å². The fraction of sp³-hybridized carbons (Fsp3) is 0.273. The second-order valence-electron chi connectivity index (χ2n) is 10.1. The smallest absolute Gasteiger partial charge is 0.343 e. The molecule has 48 heavy (non-hydrogen) atoms. The fourth-order valence-electron chi connectivity index (χ4n) is 5.09. The highest BCUT2D eigenvalue weighted by Crippen LogP contribution is 2.37. The van der Waals surface area contributed by atoms with Crippen molar-refractivity contribution in [1.82, 2.24) is 4.57 Å². The number of nitro groups is 1. The number of benzene rings is 2. The molecule has 250 valence electrons. The van der Waals surface area contributed by atoms with Gasteiger partial charge in [-0.15, -0.1) is 0 Å². The number of carbonyl (C=O) groups is 2. The van der Waals surface area contributed by atoms with Crippen LogP contribution >= 0.6 is 11.3 Å². The zero-order valence-corrected chi connectivity index (χ0v) is 27.5. The average molecular weight is 678 g/mol. The van der Waals surface area contributed by atoms with Crippen molar-refractivity contribution in [3.63, 3.8) is 0 Å². The third kappa shape index (κ3) is 6.71. The van der Waals surface area contributed by atoms with E-state index in [4.69, 9.17) is 23.4 Å². The minimum absolute atomic E-state index is 0.105. The predicted octanol–water partition coefficient (Wildman–Crippen LogP) is 3.93. The highest BCUT2D eigenvalue weighted by molar-refractivity contribution is 7.07. The van der Waals surface area contributed by atoms with E-state index in [0.717, 1.165) is 11.3 Å². The zero-order chi connectivity index (χ0) is 34.5. The Bertz CT molecular complexity index is 2110. The summed E-state index contributed by atoms with van der Waals surface area (Å²) in [4.78, 5) is 54.9. The van der Waals surface area contributed by atoms with Crippen LogP contribution in [-0.2, 0) is 19.1 Å². The molecule has 0 bridgehead atoms. The van der Waals surface area contributed by atoms with E-state index in [1.54, 1.807) is 51.1 Å². The molecule has 0 amide bonds. The number of furan rings is 1. The molecule has 4 aromatic rings. The summed E-state index contributed by atoms with van der Waals surface area (Å²) < 4.78 is 34.5. The van der Waals surface area contributed by atoms with Gasteiger partial charge in [-0.05, 0) is 56.7 Å². The van der Waals surface area contributed by atoms with Crippen LogP contribution in [0.2, 0.25) is 0 Å². The van der Waals surface area contributed by atoms with Crippen LogP contribution in [-0.4, -0.2) is 55.5 Å². The van der Waals surface area contributed by atoms with E-state index in [1.807, 2.05) is 0 Å². The Labute approximate surface area is 277 Å². The topological polar surface area (TPSA) is 171 Å². The summed E-state index contributed by atoms with van der Waals surface area (Å²) in [5, 5.41) is 11.4. The lowest BCUT2D eigenvalue weighted by molar-refractivity contribution is -0.384. The van der Waals surface area contributed by atoms with Crippen molar-refractivity contribution in [2.45, 2.75) is 26.8 Å². The molecule has 1 atom stereocenters. The lowest BCUT2D eigenvalue weighted by atomic mass is 9.95. The number of nitro benzene ring substituents is 1. The van der Waals surface area contributed by atoms with E-state index >= 15 is 0 Å². The van der Waals surface area contributed by atoms with Crippen molar-refractivity contribution in [2.24, 2.45) is 4.99 Å². The molecule has 5 rings (SSSR count). The number of hydrogen-bond acceptors (Lipinski definition) is 13. The summed E-state index contributed by atoms with van der Waals surface area (Å²) in [6, 6.07) is 11.3. The van der Waals surface area contributed by atoms with E-state index in [9.17, 15) is 24.5 Å². The Morgan fingerprint density at radius 2 is 1.81 bits per heavy atom. The van der Waals surface area contributed by atoms with Gasteiger partial charge in [0.2, 0.25) is 0 Å². The van der Waals surface area contributed by atoms with Gasteiger partial charge in [0, 0.05) is 18.2 Å². The Kier molecular flexibility index (Phi) is 10.1. The number of esters is 2. The van der Waals surface area contributed by atoms with E-state index in [1.165, 1.54) is 43.1 Å². The molecule has 0 N–H and O–H groups in total. The monoisotopic (exact) mass is 677 g/mol. The molecular weight excluding hydrogens is 646 g/mol. The number of nitrogens with zero attached hydrogens (tertiary/aromatic N) is 3. The first-order valence-corrected chi connectivity index (χ1v) is 15.5. The minimum Gasteiger partial charge on any atom is -0.496 e. The van der Waals surface area contributed by atoms with Crippen LogP contribution in [0, 0.1) is 10.1 Å².